The van der Waals surface area contributed by atoms with Crippen molar-refractivity contribution >= 4 is 6.09 Å². The number of amides is 1. The van der Waals surface area contributed by atoms with Crippen LogP contribution in [0.2, 0.25) is 0 Å². The largest absolute Gasteiger partial charge is 0.444 e. The van der Waals surface area contributed by atoms with E-state index in [-0.39, 0.29) is 6.09 Å². The van der Waals surface area contributed by atoms with Crippen molar-refractivity contribution in [3.8, 4) is 0 Å². The van der Waals surface area contributed by atoms with Gasteiger partial charge in [-0.3, -0.25) is 0 Å². The van der Waals surface area contributed by atoms with Crippen molar-refractivity contribution in [2.24, 2.45) is 5.92 Å². The first-order valence-electron chi connectivity index (χ1n) is 7.81. The van der Waals surface area contributed by atoms with Gasteiger partial charge in [0.25, 0.3) is 0 Å². The maximum absolute atomic E-state index is 12.0. The molecule has 0 radical (unpaired) electrons. The van der Waals surface area contributed by atoms with Gasteiger partial charge in [0, 0.05) is 32.0 Å². The van der Waals surface area contributed by atoms with Crippen LogP contribution in [0, 0.1) is 12.8 Å². The second-order valence-corrected chi connectivity index (χ2v) is 6.87. The van der Waals surface area contributed by atoms with Crippen molar-refractivity contribution in [2.75, 3.05) is 13.1 Å². The van der Waals surface area contributed by atoms with E-state index in [0.29, 0.717) is 5.92 Å². The first-order valence-corrected chi connectivity index (χ1v) is 7.81. The number of aromatic nitrogens is 2. The lowest BCUT2D eigenvalue weighted by atomic mass is 9.94. The molecule has 0 atom stereocenters. The Labute approximate surface area is 127 Å². The van der Waals surface area contributed by atoms with E-state index in [2.05, 4.69) is 9.55 Å². The van der Waals surface area contributed by atoms with Crippen LogP contribution in [-0.4, -0.2) is 39.2 Å². The molecule has 0 aromatic carbocycles. The van der Waals surface area contributed by atoms with E-state index in [1.807, 2.05) is 45.0 Å². The minimum absolute atomic E-state index is 0.175. The zero-order chi connectivity index (χ0) is 15.5. The third-order valence-corrected chi connectivity index (χ3v) is 3.97. The molecule has 2 rings (SSSR count). The molecular weight excluding hydrogens is 266 g/mol. The number of carbonyl (C=O) groups is 1. The molecule has 1 aromatic rings. The Kier molecular flexibility index (Phi) is 4.91. The highest BCUT2D eigenvalue weighted by atomic mass is 16.6. The summed E-state index contributed by atoms with van der Waals surface area (Å²) in [5.74, 6) is 1.76. The molecule has 5 heteroatoms. The van der Waals surface area contributed by atoms with Gasteiger partial charge in [0.2, 0.25) is 0 Å². The van der Waals surface area contributed by atoms with Crippen LogP contribution in [0.15, 0.2) is 12.4 Å². The summed E-state index contributed by atoms with van der Waals surface area (Å²) < 4.78 is 7.62. The normalized spacial score (nSPS) is 17.0. The lowest BCUT2D eigenvalue weighted by Crippen LogP contribution is -2.41. The summed E-state index contributed by atoms with van der Waals surface area (Å²) in [5, 5.41) is 0. The van der Waals surface area contributed by atoms with Gasteiger partial charge >= 0.3 is 6.09 Å². The highest BCUT2D eigenvalue weighted by Crippen LogP contribution is 2.23. The van der Waals surface area contributed by atoms with E-state index < -0.39 is 5.60 Å². The number of rotatable bonds is 3. The number of imidazole rings is 1. The molecule has 0 bridgehead atoms. The van der Waals surface area contributed by atoms with Crippen LogP contribution in [0.25, 0.3) is 0 Å². The maximum atomic E-state index is 12.0. The molecule has 1 saturated heterocycles. The molecule has 1 aliphatic rings. The van der Waals surface area contributed by atoms with Gasteiger partial charge in [-0.05, 0) is 52.9 Å². The van der Waals surface area contributed by atoms with Crippen molar-refractivity contribution in [1.82, 2.24) is 14.5 Å². The number of ether oxygens (including phenoxy) is 1. The molecule has 0 N–H and O–H groups in total. The van der Waals surface area contributed by atoms with Gasteiger partial charge in [-0.1, -0.05) is 0 Å². The lowest BCUT2D eigenvalue weighted by molar-refractivity contribution is 0.0180. The summed E-state index contributed by atoms with van der Waals surface area (Å²) >= 11 is 0. The summed E-state index contributed by atoms with van der Waals surface area (Å²) in [6, 6.07) is 0. The van der Waals surface area contributed by atoms with Crippen LogP contribution in [-0.2, 0) is 11.3 Å². The number of likely N-dealkylation sites (tertiary alicyclic amines) is 1. The Bertz CT molecular complexity index is 468. The Morgan fingerprint density at radius 1 is 1.38 bits per heavy atom. The quantitative estimate of drug-likeness (QED) is 0.859. The minimum Gasteiger partial charge on any atom is -0.444 e. The molecule has 21 heavy (non-hydrogen) atoms. The zero-order valence-corrected chi connectivity index (χ0v) is 13.6. The molecule has 1 amide bonds. The smallest absolute Gasteiger partial charge is 0.410 e. The number of aryl methyl sites for hydroxylation is 2. The van der Waals surface area contributed by atoms with Crippen molar-refractivity contribution in [1.29, 1.82) is 0 Å². The molecule has 0 aliphatic carbocycles. The van der Waals surface area contributed by atoms with Crippen molar-refractivity contribution in [3.05, 3.63) is 18.2 Å². The summed E-state index contributed by atoms with van der Waals surface area (Å²) in [5.41, 5.74) is -0.410. The van der Waals surface area contributed by atoms with Crippen molar-refractivity contribution < 1.29 is 9.53 Å². The summed E-state index contributed by atoms with van der Waals surface area (Å²) in [6.07, 6.45) is 6.98. The average Bonchev–Trinajstić information content (AvgIpc) is 2.80. The fraction of sp³-hybridized carbons (Fsp3) is 0.750. The minimum atomic E-state index is -0.410. The van der Waals surface area contributed by atoms with E-state index in [0.717, 1.165) is 44.7 Å². The van der Waals surface area contributed by atoms with E-state index in [9.17, 15) is 4.79 Å². The van der Waals surface area contributed by atoms with Gasteiger partial charge in [0.15, 0.2) is 0 Å². The Morgan fingerprint density at radius 2 is 2.05 bits per heavy atom. The molecule has 0 saturated carbocycles. The summed E-state index contributed by atoms with van der Waals surface area (Å²) in [4.78, 5) is 18.1. The second kappa shape index (κ2) is 6.50. The number of carbonyl (C=O) groups excluding carboxylic acids is 1. The van der Waals surface area contributed by atoms with E-state index in [1.54, 1.807) is 0 Å². The van der Waals surface area contributed by atoms with E-state index in [1.165, 1.54) is 0 Å². The number of hydrogen-bond acceptors (Lipinski definition) is 3. The van der Waals surface area contributed by atoms with Crippen LogP contribution in [0.5, 0.6) is 0 Å². The second-order valence-electron chi connectivity index (χ2n) is 6.87. The van der Waals surface area contributed by atoms with E-state index in [4.69, 9.17) is 4.74 Å². The fourth-order valence-corrected chi connectivity index (χ4v) is 2.69. The molecule has 1 aliphatic heterocycles. The predicted octanol–water partition coefficient (Wildman–Crippen LogP) is 3.23. The standard InChI is InChI=1S/C16H27N3O2/c1-13-17-8-12-18(13)9-5-14-6-10-19(11-7-14)15(20)21-16(2,3)4/h8,12,14H,5-7,9-11H2,1-4H3. The molecule has 5 nitrogen and oxygen atoms in total. The Hall–Kier alpha value is -1.52. The zero-order valence-electron chi connectivity index (χ0n) is 13.6. The Balaban J connectivity index is 1.73. The van der Waals surface area contributed by atoms with Gasteiger partial charge in [-0.15, -0.1) is 0 Å². The molecule has 0 spiro atoms. The summed E-state index contributed by atoms with van der Waals surface area (Å²) in [7, 11) is 0. The highest BCUT2D eigenvalue weighted by Gasteiger charge is 2.26. The molecular formula is C16H27N3O2. The number of hydrogen-bond donors (Lipinski definition) is 0. The van der Waals surface area contributed by atoms with Crippen LogP contribution in [0.3, 0.4) is 0 Å². The average molecular weight is 293 g/mol. The van der Waals surface area contributed by atoms with Crippen molar-refractivity contribution in [2.45, 2.75) is 59.1 Å². The van der Waals surface area contributed by atoms with Crippen LogP contribution in [0.4, 0.5) is 4.79 Å². The van der Waals surface area contributed by atoms with Gasteiger partial charge < -0.3 is 14.2 Å². The predicted molar refractivity (Wildman–Crippen MR) is 82.1 cm³/mol. The molecule has 2 heterocycles. The van der Waals surface area contributed by atoms with Gasteiger partial charge in [0.05, 0.1) is 0 Å². The molecule has 1 aromatic heterocycles. The molecule has 0 unspecified atom stereocenters. The monoisotopic (exact) mass is 293 g/mol. The van der Waals surface area contributed by atoms with Gasteiger partial charge in [-0.2, -0.15) is 0 Å². The van der Waals surface area contributed by atoms with Crippen LogP contribution in [0.1, 0.15) is 45.9 Å². The first-order chi connectivity index (χ1) is 9.85. The molecule has 118 valence electrons. The highest BCUT2D eigenvalue weighted by molar-refractivity contribution is 5.68. The van der Waals surface area contributed by atoms with Crippen LogP contribution < -0.4 is 0 Å². The van der Waals surface area contributed by atoms with Crippen LogP contribution >= 0.6 is 0 Å². The fourth-order valence-electron chi connectivity index (χ4n) is 2.69. The third kappa shape index (κ3) is 4.76. The lowest BCUT2D eigenvalue weighted by Gasteiger charge is -2.33. The Morgan fingerprint density at radius 3 is 2.57 bits per heavy atom. The topological polar surface area (TPSA) is 47.4 Å². The summed E-state index contributed by atoms with van der Waals surface area (Å²) in [6.45, 7) is 10.4. The SMILES string of the molecule is Cc1nccn1CCC1CCN(C(=O)OC(C)(C)C)CC1. The third-order valence-electron chi connectivity index (χ3n) is 3.97. The van der Waals surface area contributed by atoms with Gasteiger partial charge in [0.1, 0.15) is 11.4 Å². The molecule has 1 fully saturated rings. The van der Waals surface area contributed by atoms with Crippen molar-refractivity contribution in [3.63, 3.8) is 0 Å². The number of piperidine rings is 1. The maximum Gasteiger partial charge on any atom is 0.410 e. The van der Waals surface area contributed by atoms with Gasteiger partial charge in [-0.25, -0.2) is 9.78 Å². The van der Waals surface area contributed by atoms with E-state index >= 15 is 0 Å². The number of nitrogens with zero attached hydrogens (tertiary/aromatic N) is 3. The first kappa shape index (κ1) is 15.9.